The number of ketones is 1. The fourth-order valence-electron chi connectivity index (χ4n) is 3.29. The largest absolute Gasteiger partial charge is 0.481 e. The number of alkyl halides is 1. The second-order valence-electron chi connectivity index (χ2n) is 7.74. The van der Waals surface area contributed by atoms with Crippen LogP contribution in [0.4, 0.5) is 10.1 Å². The van der Waals surface area contributed by atoms with Crippen molar-refractivity contribution < 1.29 is 33.4 Å². The highest BCUT2D eigenvalue weighted by molar-refractivity contribution is 5.94. The van der Waals surface area contributed by atoms with Crippen LogP contribution in [0, 0.1) is 0 Å². The fourth-order valence-corrected chi connectivity index (χ4v) is 3.29. The summed E-state index contributed by atoms with van der Waals surface area (Å²) in [6.45, 7) is 1.76. The maximum absolute atomic E-state index is 13.2. The van der Waals surface area contributed by atoms with E-state index in [4.69, 9.17) is 9.84 Å². The summed E-state index contributed by atoms with van der Waals surface area (Å²) in [4.78, 5) is 61.2. The number of amides is 2. The van der Waals surface area contributed by atoms with E-state index in [2.05, 4.69) is 10.6 Å². The van der Waals surface area contributed by atoms with Crippen molar-refractivity contribution >= 4 is 29.3 Å². The number of benzene rings is 1. The van der Waals surface area contributed by atoms with Gasteiger partial charge in [0.05, 0.1) is 19.1 Å². The molecule has 188 valence electrons. The average Bonchev–Trinajstić information content (AvgIpc) is 2.84. The van der Waals surface area contributed by atoms with E-state index in [1.54, 1.807) is 31.2 Å². The number of halogens is 1. The van der Waals surface area contributed by atoms with Gasteiger partial charge in [0, 0.05) is 12.6 Å². The first-order valence-corrected chi connectivity index (χ1v) is 10.9. The molecule has 0 bridgehead atoms. The summed E-state index contributed by atoms with van der Waals surface area (Å²) in [7, 11) is 0. The number of Topliss-reactive ketones (excluding diaryl/α,β-unsaturated/α-hetero) is 1. The molecule has 10 nitrogen and oxygen atoms in total. The summed E-state index contributed by atoms with van der Waals surface area (Å²) in [5, 5.41) is 13.8. The van der Waals surface area contributed by atoms with Gasteiger partial charge in [-0.1, -0.05) is 37.3 Å². The first-order valence-electron chi connectivity index (χ1n) is 10.9. The van der Waals surface area contributed by atoms with Crippen LogP contribution in [0.3, 0.4) is 0 Å². The third kappa shape index (κ3) is 7.85. The molecule has 0 saturated heterocycles. The summed E-state index contributed by atoms with van der Waals surface area (Å²) < 4.78 is 19.8. The van der Waals surface area contributed by atoms with Crippen LogP contribution in [0.5, 0.6) is 0 Å². The van der Waals surface area contributed by atoms with Gasteiger partial charge in [-0.25, -0.2) is 4.39 Å². The van der Waals surface area contributed by atoms with Crippen LogP contribution in [0.1, 0.15) is 38.3 Å². The Hall–Kier alpha value is -3.86. The number of ether oxygens (including phenoxy) is 1. The van der Waals surface area contributed by atoms with Crippen molar-refractivity contribution in [2.75, 3.05) is 12.0 Å². The molecule has 1 heterocycles. The smallest absolute Gasteiger partial charge is 0.305 e. The summed E-state index contributed by atoms with van der Waals surface area (Å²) in [5.41, 5.74) is 0.0109. The maximum Gasteiger partial charge on any atom is 0.305 e. The third-order valence-electron chi connectivity index (χ3n) is 5.15. The van der Waals surface area contributed by atoms with E-state index in [9.17, 15) is 28.4 Å². The van der Waals surface area contributed by atoms with Crippen LogP contribution in [0.2, 0.25) is 0 Å². The zero-order valence-corrected chi connectivity index (χ0v) is 19.4. The number of aromatic nitrogens is 1. The Morgan fingerprint density at radius 3 is 2.40 bits per heavy atom. The lowest BCUT2D eigenvalue weighted by molar-refractivity contribution is -0.141. The lowest BCUT2D eigenvalue weighted by Gasteiger charge is -2.27. The second-order valence-corrected chi connectivity index (χ2v) is 7.74. The number of aliphatic carboxylic acids is 1. The van der Waals surface area contributed by atoms with E-state index >= 15 is 0 Å². The normalized spacial score (nSPS) is 13.3. The van der Waals surface area contributed by atoms with Crippen LogP contribution < -0.4 is 16.2 Å². The number of nitrogens with zero attached hydrogens (tertiary/aromatic N) is 1. The van der Waals surface area contributed by atoms with Crippen molar-refractivity contribution in [1.29, 1.82) is 0 Å². The summed E-state index contributed by atoms with van der Waals surface area (Å²) in [6.07, 6.45) is -0.352. The van der Waals surface area contributed by atoms with Gasteiger partial charge in [0.25, 0.3) is 5.56 Å². The molecule has 1 aromatic carbocycles. The lowest BCUT2D eigenvalue weighted by atomic mass is 10.1. The quantitative estimate of drug-likeness (QED) is 0.389. The molecule has 0 radical (unpaired) electrons. The molecule has 11 heteroatoms. The maximum atomic E-state index is 13.2. The summed E-state index contributed by atoms with van der Waals surface area (Å²) in [5.74, 6) is -3.86. The topological polar surface area (TPSA) is 144 Å². The highest BCUT2D eigenvalue weighted by atomic mass is 19.1. The lowest BCUT2D eigenvalue weighted by Crippen LogP contribution is -2.50. The molecule has 2 aromatic rings. The van der Waals surface area contributed by atoms with E-state index in [0.29, 0.717) is 0 Å². The molecule has 35 heavy (non-hydrogen) atoms. The first kappa shape index (κ1) is 27.4. The number of carbonyl (C=O) groups excluding carboxylic acids is 3. The van der Waals surface area contributed by atoms with Crippen molar-refractivity contribution in [2.24, 2.45) is 0 Å². The first-order chi connectivity index (χ1) is 16.7. The summed E-state index contributed by atoms with van der Waals surface area (Å²) in [6, 6.07) is 8.85. The van der Waals surface area contributed by atoms with E-state index in [-0.39, 0.29) is 18.7 Å². The molecule has 2 rings (SSSR count). The van der Waals surface area contributed by atoms with Gasteiger partial charge in [0.2, 0.25) is 11.8 Å². The highest BCUT2D eigenvalue weighted by Gasteiger charge is 2.33. The Morgan fingerprint density at radius 2 is 1.80 bits per heavy atom. The molecular formula is C24H28FN3O7. The second kappa shape index (κ2) is 13.1. The van der Waals surface area contributed by atoms with Crippen molar-refractivity contribution in [3.8, 4) is 0 Å². The Bertz CT molecular complexity index is 1100. The Labute approximate surface area is 201 Å². The minimum Gasteiger partial charge on any atom is -0.481 e. The van der Waals surface area contributed by atoms with Gasteiger partial charge in [-0.3, -0.25) is 28.5 Å². The van der Waals surface area contributed by atoms with Crippen molar-refractivity contribution in [1.82, 2.24) is 9.88 Å². The summed E-state index contributed by atoms with van der Waals surface area (Å²) >= 11 is 0. The molecule has 0 spiro atoms. The number of rotatable bonds is 13. The number of nitrogens with one attached hydrogen (secondary N) is 2. The predicted molar refractivity (Wildman–Crippen MR) is 125 cm³/mol. The molecule has 0 aliphatic heterocycles. The van der Waals surface area contributed by atoms with Crippen LogP contribution in [0.15, 0.2) is 53.5 Å². The average molecular weight is 490 g/mol. The number of carboxylic acid groups (broad SMARTS) is 1. The van der Waals surface area contributed by atoms with E-state index in [1.807, 2.05) is 6.07 Å². The van der Waals surface area contributed by atoms with E-state index in [0.717, 1.165) is 10.1 Å². The SMILES string of the molecule is CCC(=O)Nc1cccn(C(C(=O)NC(CC(=O)O)C(=O)CF)C(C)OCc2ccccc2)c1=O. The number of pyridine rings is 1. The van der Waals surface area contributed by atoms with Gasteiger partial charge in [0.1, 0.15) is 24.4 Å². The molecule has 2 amide bonds. The standard InChI is InChI=1S/C24H28FN3O7/c1-3-20(30)26-17-10-7-11-28(24(17)34)22(15(2)35-14-16-8-5-4-6-9-16)23(33)27-18(12-21(31)32)19(29)13-25/h4-11,15,18,22H,3,12-14H2,1-2H3,(H,26,30)(H,27,33)(H,31,32). The molecule has 0 fully saturated rings. The van der Waals surface area contributed by atoms with Gasteiger partial charge in [-0.2, -0.15) is 0 Å². The van der Waals surface area contributed by atoms with Crippen LogP contribution in [-0.4, -0.2) is 52.1 Å². The van der Waals surface area contributed by atoms with Gasteiger partial charge in [-0.15, -0.1) is 0 Å². The minimum atomic E-state index is -1.63. The van der Waals surface area contributed by atoms with Gasteiger partial charge < -0.3 is 20.5 Å². The van der Waals surface area contributed by atoms with E-state index in [1.165, 1.54) is 25.3 Å². The van der Waals surface area contributed by atoms with Crippen molar-refractivity contribution in [2.45, 2.75) is 51.5 Å². The molecule has 0 saturated carbocycles. The molecular weight excluding hydrogens is 461 g/mol. The van der Waals surface area contributed by atoms with Gasteiger partial charge in [0.15, 0.2) is 5.78 Å². The number of anilines is 1. The zero-order chi connectivity index (χ0) is 26.0. The van der Waals surface area contributed by atoms with Gasteiger partial charge >= 0.3 is 5.97 Å². The van der Waals surface area contributed by atoms with Crippen LogP contribution in [-0.2, 0) is 30.5 Å². The molecule has 3 N–H and O–H groups in total. The van der Waals surface area contributed by atoms with Crippen molar-refractivity contribution in [3.05, 3.63) is 64.6 Å². The molecule has 1 aromatic heterocycles. The third-order valence-corrected chi connectivity index (χ3v) is 5.15. The molecule has 3 unspecified atom stereocenters. The van der Waals surface area contributed by atoms with Crippen LogP contribution >= 0.6 is 0 Å². The van der Waals surface area contributed by atoms with E-state index < -0.39 is 60.4 Å². The highest BCUT2D eigenvalue weighted by Crippen LogP contribution is 2.18. The zero-order valence-electron chi connectivity index (χ0n) is 19.4. The number of carboxylic acids is 1. The minimum absolute atomic E-state index is 0.0747. The number of hydrogen-bond donors (Lipinski definition) is 3. The fraction of sp³-hybridized carbons (Fsp3) is 0.375. The molecule has 0 aliphatic rings. The van der Waals surface area contributed by atoms with Crippen LogP contribution in [0.25, 0.3) is 0 Å². The van der Waals surface area contributed by atoms with Gasteiger partial charge in [-0.05, 0) is 24.6 Å². The Kier molecular flexibility index (Phi) is 10.3. The number of carbonyl (C=O) groups is 4. The molecule has 3 atom stereocenters. The molecule has 0 aliphatic carbocycles. The Balaban J connectivity index is 2.42. The monoisotopic (exact) mass is 489 g/mol. The Morgan fingerprint density at radius 1 is 1.11 bits per heavy atom. The number of hydrogen-bond acceptors (Lipinski definition) is 6. The predicted octanol–water partition coefficient (Wildman–Crippen LogP) is 1.84. The van der Waals surface area contributed by atoms with Crippen molar-refractivity contribution in [3.63, 3.8) is 0 Å².